The van der Waals surface area contributed by atoms with Crippen LogP contribution in [0.2, 0.25) is 0 Å². The number of rotatable bonds is 4. The van der Waals surface area contributed by atoms with Gasteiger partial charge in [-0.2, -0.15) is 0 Å². The van der Waals surface area contributed by atoms with Gasteiger partial charge in [0.25, 0.3) is 0 Å². The summed E-state index contributed by atoms with van der Waals surface area (Å²) in [5.74, 6) is -0.902. The lowest BCUT2D eigenvalue weighted by Gasteiger charge is -2.10. The number of aromatic nitrogens is 1. The maximum atomic E-state index is 10.3. The molecule has 1 heterocycles. The molecule has 0 aliphatic heterocycles. The van der Waals surface area contributed by atoms with Gasteiger partial charge in [0.15, 0.2) is 0 Å². The Morgan fingerprint density at radius 2 is 2.36 bits per heavy atom. The lowest BCUT2D eigenvalue weighted by atomic mass is 10.1. The molecule has 0 radical (unpaired) electrons. The number of carboxylic acids is 1. The molecule has 1 rings (SSSR count). The SMILES string of the molecule is N[C@H](CCC(=O)O)c1ncccc1O. The van der Waals surface area contributed by atoms with Gasteiger partial charge in [-0.1, -0.05) is 0 Å². The van der Waals surface area contributed by atoms with E-state index in [9.17, 15) is 9.90 Å². The van der Waals surface area contributed by atoms with E-state index in [4.69, 9.17) is 10.8 Å². The van der Waals surface area contributed by atoms with Crippen molar-refractivity contribution < 1.29 is 15.0 Å². The molecule has 5 heteroatoms. The van der Waals surface area contributed by atoms with Crippen LogP contribution in [0.4, 0.5) is 0 Å². The number of hydrogen-bond acceptors (Lipinski definition) is 4. The lowest BCUT2D eigenvalue weighted by molar-refractivity contribution is -0.137. The summed E-state index contributed by atoms with van der Waals surface area (Å²) in [6.07, 6.45) is 1.74. The maximum absolute atomic E-state index is 10.3. The van der Waals surface area contributed by atoms with Crippen molar-refractivity contribution in [3.8, 4) is 5.75 Å². The summed E-state index contributed by atoms with van der Waals surface area (Å²) in [7, 11) is 0. The molecule has 0 aliphatic carbocycles. The summed E-state index contributed by atoms with van der Waals surface area (Å²) in [6, 6.07) is 2.53. The van der Waals surface area contributed by atoms with Gasteiger partial charge in [0, 0.05) is 12.6 Å². The second-order valence-corrected chi connectivity index (χ2v) is 2.95. The molecule has 0 aliphatic rings. The zero-order valence-corrected chi connectivity index (χ0v) is 7.55. The molecule has 0 fully saturated rings. The van der Waals surface area contributed by atoms with E-state index in [1.165, 1.54) is 12.3 Å². The fraction of sp³-hybridized carbons (Fsp3) is 0.333. The average molecular weight is 196 g/mol. The Morgan fingerprint density at radius 3 is 2.93 bits per heavy atom. The van der Waals surface area contributed by atoms with E-state index in [2.05, 4.69) is 4.98 Å². The summed E-state index contributed by atoms with van der Waals surface area (Å²) >= 11 is 0. The molecule has 5 nitrogen and oxygen atoms in total. The minimum atomic E-state index is -0.907. The van der Waals surface area contributed by atoms with Crippen LogP contribution in [0.25, 0.3) is 0 Å². The number of nitrogens with two attached hydrogens (primary N) is 1. The van der Waals surface area contributed by atoms with Crippen LogP contribution < -0.4 is 5.73 Å². The van der Waals surface area contributed by atoms with E-state index in [1.807, 2.05) is 0 Å². The van der Waals surface area contributed by atoms with Gasteiger partial charge in [0.2, 0.25) is 0 Å². The van der Waals surface area contributed by atoms with Crippen LogP contribution in [0.1, 0.15) is 24.6 Å². The largest absolute Gasteiger partial charge is 0.506 e. The Hall–Kier alpha value is -1.62. The number of carbonyl (C=O) groups is 1. The Balaban J connectivity index is 2.65. The van der Waals surface area contributed by atoms with Gasteiger partial charge >= 0.3 is 5.97 Å². The van der Waals surface area contributed by atoms with Crippen molar-refractivity contribution in [3.63, 3.8) is 0 Å². The van der Waals surface area contributed by atoms with Crippen molar-refractivity contribution in [2.24, 2.45) is 5.73 Å². The van der Waals surface area contributed by atoms with Crippen molar-refractivity contribution >= 4 is 5.97 Å². The van der Waals surface area contributed by atoms with E-state index in [0.29, 0.717) is 5.69 Å². The second-order valence-electron chi connectivity index (χ2n) is 2.95. The standard InChI is InChI=1S/C9H12N2O3/c10-6(3-4-8(13)14)9-7(12)2-1-5-11-9/h1-2,5-6,12H,3-4,10H2,(H,13,14)/t6-/m1/s1. The normalized spacial score (nSPS) is 12.4. The number of aliphatic carboxylic acids is 1. The average Bonchev–Trinajstić information content (AvgIpc) is 2.15. The highest BCUT2D eigenvalue weighted by molar-refractivity contribution is 5.66. The molecule has 0 unspecified atom stereocenters. The fourth-order valence-corrected chi connectivity index (χ4v) is 1.11. The smallest absolute Gasteiger partial charge is 0.303 e. The molecule has 1 atom stereocenters. The van der Waals surface area contributed by atoms with Gasteiger partial charge in [0.05, 0.1) is 11.7 Å². The van der Waals surface area contributed by atoms with Crippen LogP contribution in [0.3, 0.4) is 0 Å². The monoisotopic (exact) mass is 196 g/mol. The third kappa shape index (κ3) is 2.70. The first-order valence-electron chi connectivity index (χ1n) is 4.22. The van der Waals surface area contributed by atoms with E-state index in [1.54, 1.807) is 6.07 Å². The molecule has 0 bridgehead atoms. The lowest BCUT2D eigenvalue weighted by Crippen LogP contribution is -2.13. The predicted molar refractivity (Wildman–Crippen MR) is 49.7 cm³/mol. The van der Waals surface area contributed by atoms with Crippen LogP contribution in [0, 0.1) is 0 Å². The maximum Gasteiger partial charge on any atom is 0.303 e. The minimum Gasteiger partial charge on any atom is -0.506 e. The molecule has 0 saturated heterocycles. The van der Waals surface area contributed by atoms with E-state index >= 15 is 0 Å². The van der Waals surface area contributed by atoms with Gasteiger partial charge in [-0.25, -0.2) is 0 Å². The molecule has 0 saturated carbocycles. The number of nitrogens with zero attached hydrogens (tertiary/aromatic N) is 1. The minimum absolute atomic E-state index is 0.00499. The van der Waals surface area contributed by atoms with E-state index in [0.717, 1.165) is 0 Å². The number of pyridine rings is 1. The van der Waals surface area contributed by atoms with E-state index < -0.39 is 12.0 Å². The Kier molecular flexibility index (Phi) is 3.41. The molecule has 1 aromatic heterocycles. The molecular weight excluding hydrogens is 184 g/mol. The predicted octanol–water partition coefficient (Wildman–Crippen LogP) is 0.652. The molecule has 14 heavy (non-hydrogen) atoms. The molecule has 76 valence electrons. The Morgan fingerprint density at radius 1 is 1.64 bits per heavy atom. The topological polar surface area (TPSA) is 96.4 Å². The second kappa shape index (κ2) is 4.57. The summed E-state index contributed by atoms with van der Waals surface area (Å²) in [5, 5.41) is 17.8. The van der Waals surface area contributed by atoms with Gasteiger partial charge in [-0.05, 0) is 18.6 Å². The Bertz CT molecular complexity index is 328. The molecule has 0 spiro atoms. The molecule has 0 aromatic carbocycles. The van der Waals surface area contributed by atoms with Crippen LogP contribution >= 0.6 is 0 Å². The quantitative estimate of drug-likeness (QED) is 0.657. The van der Waals surface area contributed by atoms with Crippen molar-refractivity contribution in [1.82, 2.24) is 4.98 Å². The number of carboxylic acid groups (broad SMARTS) is 1. The summed E-state index contributed by atoms with van der Waals surface area (Å²) < 4.78 is 0. The van der Waals surface area contributed by atoms with Crippen LogP contribution in [-0.2, 0) is 4.79 Å². The first kappa shape index (κ1) is 10.5. The van der Waals surface area contributed by atoms with Crippen LogP contribution in [0.5, 0.6) is 5.75 Å². The van der Waals surface area contributed by atoms with Gasteiger partial charge in [0.1, 0.15) is 5.75 Å². The van der Waals surface area contributed by atoms with Crippen molar-refractivity contribution in [2.45, 2.75) is 18.9 Å². The number of hydrogen-bond donors (Lipinski definition) is 3. The van der Waals surface area contributed by atoms with Gasteiger partial charge in [-0.3, -0.25) is 9.78 Å². The highest BCUT2D eigenvalue weighted by Gasteiger charge is 2.12. The first-order chi connectivity index (χ1) is 6.61. The highest BCUT2D eigenvalue weighted by atomic mass is 16.4. The number of aromatic hydroxyl groups is 1. The zero-order chi connectivity index (χ0) is 10.6. The van der Waals surface area contributed by atoms with Crippen molar-refractivity contribution in [1.29, 1.82) is 0 Å². The fourth-order valence-electron chi connectivity index (χ4n) is 1.11. The third-order valence-electron chi connectivity index (χ3n) is 1.84. The van der Waals surface area contributed by atoms with Gasteiger partial charge in [-0.15, -0.1) is 0 Å². The van der Waals surface area contributed by atoms with Crippen LogP contribution in [-0.4, -0.2) is 21.2 Å². The Labute approximate surface area is 81.2 Å². The first-order valence-corrected chi connectivity index (χ1v) is 4.22. The summed E-state index contributed by atoms with van der Waals surface area (Å²) in [4.78, 5) is 14.2. The van der Waals surface area contributed by atoms with Gasteiger partial charge < -0.3 is 15.9 Å². The van der Waals surface area contributed by atoms with Crippen molar-refractivity contribution in [3.05, 3.63) is 24.0 Å². The molecule has 1 aromatic rings. The summed E-state index contributed by atoms with van der Waals surface area (Å²) in [5.41, 5.74) is 6.00. The van der Waals surface area contributed by atoms with Crippen molar-refractivity contribution in [2.75, 3.05) is 0 Å². The van der Waals surface area contributed by atoms with Crippen LogP contribution in [0.15, 0.2) is 18.3 Å². The summed E-state index contributed by atoms with van der Waals surface area (Å²) in [6.45, 7) is 0. The zero-order valence-electron chi connectivity index (χ0n) is 7.55. The highest BCUT2D eigenvalue weighted by Crippen LogP contribution is 2.22. The molecule has 0 amide bonds. The third-order valence-corrected chi connectivity index (χ3v) is 1.84. The molecular formula is C9H12N2O3. The van der Waals surface area contributed by atoms with E-state index in [-0.39, 0.29) is 18.6 Å². The molecule has 4 N–H and O–H groups in total.